The van der Waals surface area contributed by atoms with Gasteiger partial charge in [0, 0.05) is 21.4 Å². The maximum atomic E-state index is 11.5. The van der Waals surface area contributed by atoms with E-state index in [1.807, 2.05) is 37.3 Å². The molecule has 1 aromatic heterocycles. The Morgan fingerprint density at radius 3 is 2.66 bits per heavy atom. The lowest BCUT2D eigenvalue weighted by molar-refractivity contribution is 0.0697. The first kappa shape index (κ1) is 21.9. The van der Waals surface area contributed by atoms with Crippen molar-refractivity contribution in [2.45, 2.75) is 26.9 Å². The molecule has 0 bridgehead atoms. The predicted molar refractivity (Wildman–Crippen MR) is 131 cm³/mol. The molecule has 4 nitrogen and oxygen atoms in total. The minimum Gasteiger partial charge on any atom is -0.489 e. The van der Waals surface area contributed by atoms with Crippen molar-refractivity contribution < 1.29 is 14.6 Å². The number of ether oxygens (including phenoxy) is 1. The van der Waals surface area contributed by atoms with E-state index in [2.05, 4.69) is 57.8 Å². The number of allylic oxidation sites excluding steroid dienone is 5. The van der Waals surface area contributed by atoms with E-state index in [1.165, 1.54) is 5.56 Å². The van der Waals surface area contributed by atoms with Crippen molar-refractivity contribution in [3.8, 4) is 5.69 Å². The summed E-state index contributed by atoms with van der Waals surface area (Å²) in [5, 5.41) is 9.45. The molecule has 3 aromatic rings. The van der Waals surface area contributed by atoms with Crippen LogP contribution in [0.3, 0.4) is 0 Å². The summed E-state index contributed by atoms with van der Waals surface area (Å²) < 4.78 is 9.38. The Balaban J connectivity index is 1.75. The monoisotopic (exact) mass is 489 g/mol. The fourth-order valence-electron chi connectivity index (χ4n) is 3.79. The second kappa shape index (κ2) is 9.45. The molecule has 32 heavy (non-hydrogen) atoms. The van der Waals surface area contributed by atoms with E-state index in [9.17, 15) is 9.90 Å². The first-order valence-corrected chi connectivity index (χ1v) is 11.2. The average Bonchev–Trinajstić information content (AvgIpc) is 3.06. The van der Waals surface area contributed by atoms with Gasteiger partial charge in [0.1, 0.15) is 12.4 Å². The van der Waals surface area contributed by atoms with Crippen molar-refractivity contribution in [3.63, 3.8) is 0 Å². The number of hydrogen-bond donors (Lipinski definition) is 1. The van der Waals surface area contributed by atoms with Gasteiger partial charge in [-0.1, -0.05) is 52.3 Å². The van der Waals surface area contributed by atoms with Gasteiger partial charge in [0.25, 0.3) is 0 Å². The van der Waals surface area contributed by atoms with Gasteiger partial charge >= 0.3 is 5.97 Å². The minimum absolute atomic E-state index is 0.254. The third-order valence-corrected chi connectivity index (χ3v) is 6.06. The van der Waals surface area contributed by atoms with E-state index in [1.54, 1.807) is 18.2 Å². The Kier molecular flexibility index (Phi) is 6.47. The molecule has 1 N–H and O–H groups in total. The summed E-state index contributed by atoms with van der Waals surface area (Å²) >= 11 is 3.64. The number of aromatic carboxylic acids is 1. The van der Waals surface area contributed by atoms with E-state index in [0.29, 0.717) is 6.61 Å². The second-order valence-electron chi connectivity index (χ2n) is 7.72. The summed E-state index contributed by atoms with van der Waals surface area (Å²) in [5.41, 5.74) is 6.27. The Morgan fingerprint density at radius 1 is 1.06 bits per heavy atom. The molecule has 1 heterocycles. The van der Waals surface area contributed by atoms with Crippen LogP contribution in [0.1, 0.15) is 39.3 Å². The van der Waals surface area contributed by atoms with E-state index in [4.69, 9.17) is 4.74 Å². The molecule has 4 rings (SSSR count). The van der Waals surface area contributed by atoms with Gasteiger partial charge in [-0.2, -0.15) is 0 Å². The highest BCUT2D eigenvalue weighted by atomic mass is 79.9. The van der Waals surface area contributed by atoms with Crippen molar-refractivity contribution in [2.24, 2.45) is 0 Å². The maximum Gasteiger partial charge on any atom is 0.335 e. The summed E-state index contributed by atoms with van der Waals surface area (Å²) in [6.07, 6.45) is 6.98. The molecule has 5 heteroatoms. The molecule has 0 unspecified atom stereocenters. The fourth-order valence-corrected chi connectivity index (χ4v) is 4.21. The highest BCUT2D eigenvalue weighted by molar-refractivity contribution is 9.11. The van der Waals surface area contributed by atoms with Gasteiger partial charge in [-0.25, -0.2) is 4.79 Å². The molecule has 0 radical (unpaired) electrons. The van der Waals surface area contributed by atoms with Crippen molar-refractivity contribution in [2.75, 3.05) is 0 Å². The van der Waals surface area contributed by atoms with Crippen molar-refractivity contribution in [3.05, 3.63) is 117 Å². The van der Waals surface area contributed by atoms with Crippen LogP contribution in [-0.4, -0.2) is 15.6 Å². The summed E-state index contributed by atoms with van der Waals surface area (Å²) in [4.78, 5) is 11.5. The Hall–Kier alpha value is -3.31. The van der Waals surface area contributed by atoms with Gasteiger partial charge in [0.2, 0.25) is 0 Å². The smallest absolute Gasteiger partial charge is 0.335 e. The Bertz CT molecular complexity index is 1260. The summed E-state index contributed by atoms with van der Waals surface area (Å²) in [5.74, 6) is -0.146. The Labute approximate surface area is 196 Å². The molecule has 0 atom stereocenters. The number of aromatic nitrogens is 1. The number of rotatable bonds is 6. The molecule has 0 spiro atoms. The van der Waals surface area contributed by atoms with Crippen LogP contribution in [0.25, 0.3) is 11.3 Å². The first-order valence-electron chi connectivity index (χ1n) is 10.4. The predicted octanol–water partition coefficient (Wildman–Crippen LogP) is 6.96. The van der Waals surface area contributed by atoms with Crippen molar-refractivity contribution >= 4 is 27.5 Å². The minimum atomic E-state index is -0.945. The topological polar surface area (TPSA) is 51.5 Å². The lowest BCUT2D eigenvalue weighted by Gasteiger charge is -2.18. The third-order valence-electron chi connectivity index (χ3n) is 5.51. The lowest BCUT2D eigenvalue weighted by Crippen LogP contribution is -2.06. The standard InChI is InChI=1S/C27H24BrNO3/c1-18-7-3-4-8-21(18)17-32-26-12-6-10-22(28)16-24(26)25-14-13-19(2)29(25)23-11-5-9-20(15-23)27(30)31/h3-5,7-16H,6,17H2,1-2H3,(H,30,31). The van der Waals surface area contributed by atoms with Gasteiger partial charge < -0.3 is 14.4 Å². The number of carboxylic acids is 1. The highest BCUT2D eigenvalue weighted by Gasteiger charge is 2.19. The molecular weight excluding hydrogens is 466 g/mol. The van der Waals surface area contributed by atoms with Crippen molar-refractivity contribution in [1.82, 2.24) is 4.57 Å². The van der Waals surface area contributed by atoms with E-state index >= 15 is 0 Å². The average molecular weight is 490 g/mol. The molecular formula is C27H24BrNO3. The number of carboxylic acid groups (broad SMARTS) is 1. The lowest BCUT2D eigenvalue weighted by atomic mass is 10.1. The molecule has 0 fully saturated rings. The van der Waals surface area contributed by atoms with Crippen LogP contribution in [-0.2, 0) is 11.3 Å². The summed E-state index contributed by atoms with van der Waals surface area (Å²) in [7, 11) is 0. The number of aryl methyl sites for hydroxylation is 2. The van der Waals surface area contributed by atoms with E-state index < -0.39 is 5.97 Å². The number of hydrogen-bond acceptors (Lipinski definition) is 2. The highest BCUT2D eigenvalue weighted by Crippen LogP contribution is 2.34. The molecule has 162 valence electrons. The fraction of sp³-hybridized carbons (Fsp3) is 0.148. The van der Waals surface area contributed by atoms with Crippen LogP contribution < -0.4 is 0 Å². The Morgan fingerprint density at radius 2 is 1.88 bits per heavy atom. The number of nitrogens with zero attached hydrogens (tertiary/aromatic N) is 1. The molecule has 0 saturated carbocycles. The summed E-state index contributed by atoms with van der Waals surface area (Å²) in [6.45, 7) is 4.57. The molecule has 1 aliphatic carbocycles. The van der Waals surface area contributed by atoms with Crippen LogP contribution in [0, 0.1) is 13.8 Å². The van der Waals surface area contributed by atoms with E-state index in [-0.39, 0.29) is 5.56 Å². The molecule has 0 amide bonds. The van der Waals surface area contributed by atoms with Crippen LogP contribution in [0.4, 0.5) is 0 Å². The van der Waals surface area contributed by atoms with E-state index in [0.717, 1.165) is 44.9 Å². The second-order valence-corrected chi connectivity index (χ2v) is 8.63. The quantitative estimate of drug-likeness (QED) is 0.407. The number of halogens is 1. The van der Waals surface area contributed by atoms with Gasteiger partial charge in [-0.3, -0.25) is 0 Å². The normalized spacial score (nSPS) is 13.7. The molecule has 1 aliphatic rings. The number of benzene rings is 2. The van der Waals surface area contributed by atoms with Crippen LogP contribution in [0.15, 0.2) is 89.1 Å². The van der Waals surface area contributed by atoms with Crippen LogP contribution in [0.2, 0.25) is 0 Å². The third kappa shape index (κ3) is 4.63. The zero-order valence-electron chi connectivity index (χ0n) is 18.0. The number of carbonyl (C=O) groups is 1. The largest absolute Gasteiger partial charge is 0.489 e. The molecule has 0 saturated heterocycles. The molecule has 2 aromatic carbocycles. The maximum absolute atomic E-state index is 11.5. The molecule has 0 aliphatic heterocycles. The van der Waals surface area contributed by atoms with Crippen LogP contribution >= 0.6 is 15.9 Å². The van der Waals surface area contributed by atoms with Crippen LogP contribution in [0.5, 0.6) is 0 Å². The first-order chi connectivity index (χ1) is 15.4. The van der Waals surface area contributed by atoms with Gasteiger partial charge in [0.15, 0.2) is 0 Å². The SMILES string of the molecule is Cc1ccccc1COC1=CCC=C(Br)C=C1c1ccc(C)n1-c1cccc(C(=O)O)c1. The van der Waals surface area contributed by atoms with Crippen molar-refractivity contribution in [1.29, 1.82) is 0 Å². The van der Waals surface area contributed by atoms with Gasteiger partial charge in [-0.05, 0) is 73.9 Å². The summed E-state index contributed by atoms with van der Waals surface area (Å²) in [6, 6.07) is 19.3. The zero-order chi connectivity index (χ0) is 22.7. The van der Waals surface area contributed by atoms with Gasteiger partial charge in [-0.15, -0.1) is 0 Å². The zero-order valence-corrected chi connectivity index (χ0v) is 19.6. The van der Waals surface area contributed by atoms with Gasteiger partial charge in [0.05, 0.1) is 11.3 Å².